The zero-order valence-electron chi connectivity index (χ0n) is 9.36. The first kappa shape index (κ1) is 13.7. The monoisotopic (exact) mass is 208 g/mol. The molecule has 0 spiro atoms. The van der Waals surface area contributed by atoms with Gasteiger partial charge in [-0.05, 0) is 25.2 Å². The lowest BCUT2D eigenvalue weighted by Crippen LogP contribution is -1.98. The Bertz CT molecular complexity index is 239. The largest absolute Gasteiger partial charge is 0.481 e. The van der Waals surface area contributed by atoms with E-state index in [0.717, 1.165) is 12.8 Å². The Labute approximate surface area is 92.0 Å². The quantitative estimate of drug-likeness (QED) is 0.376. The van der Waals surface area contributed by atoms with Crippen LogP contribution in [-0.2, 0) is 4.79 Å². The molecule has 0 saturated heterocycles. The summed E-state index contributed by atoms with van der Waals surface area (Å²) in [6, 6.07) is 0. The van der Waals surface area contributed by atoms with Crippen molar-refractivity contribution in [2.45, 2.75) is 32.6 Å². The molecule has 2 heteroatoms. The van der Waals surface area contributed by atoms with Crippen LogP contribution in [0.1, 0.15) is 32.6 Å². The van der Waals surface area contributed by atoms with Crippen LogP contribution in [0.5, 0.6) is 0 Å². The van der Waals surface area contributed by atoms with Crippen molar-refractivity contribution in [3.63, 3.8) is 0 Å². The molecule has 1 N–H and O–H groups in total. The minimum Gasteiger partial charge on any atom is -0.481 e. The number of rotatable bonds is 8. The highest BCUT2D eigenvalue weighted by Gasteiger charge is 2.00. The van der Waals surface area contributed by atoms with E-state index in [1.165, 1.54) is 0 Å². The van der Waals surface area contributed by atoms with E-state index in [4.69, 9.17) is 5.11 Å². The van der Waals surface area contributed by atoms with E-state index in [0.29, 0.717) is 12.3 Å². The molecule has 0 saturated carbocycles. The van der Waals surface area contributed by atoms with Gasteiger partial charge in [0.2, 0.25) is 0 Å². The van der Waals surface area contributed by atoms with Crippen molar-refractivity contribution in [2.75, 3.05) is 0 Å². The molecule has 0 amide bonds. The molecule has 0 heterocycles. The van der Waals surface area contributed by atoms with E-state index < -0.39 is 5.97 Å². The number of carboxylic acid groups (broad SMARTS) is 1. The molecular formula is C13H20O2. The number of hydrogen-bond donors (Lipinski definition) is 1. The Morgan fingerprint density at radius 2 is 2.07 bits per heavy atom. The van der Waals surface area contributed by atoms with Crippen molar-refractivity contribution >= 4 is 5.97 Å². The standard InChI is InChI=1S/C13H20O2/c1-3-4-5-6-7-8-9-12(2)10-11-13(14)15/h3-5,8-9,12H,1,6-7,10-11H2,2H3,(H,14,15). The van der Waals surface area contributed by atoms with Gasteiger partial charge in [0.25, 0.3) is 0 Å². The highest BCUT2D eigenvalue weighted by atomic mass is 16.4. The van der Waals surface area contributed by atoms with E-state index in [2.05, 4.69) is 24.8 Å². The van der Waals surface area contributed by atoms with Gasteiger partial charge >= 0.3 is 5.97 Å². The van der Waals surface area contributed by atoms with Crippen molar-refractivity contribution in [1.29, 1.82) is 0 Å². The topological polar surface area (TPSA) is 37.3 Å². The summed E-state index contributed by atoms with van der Waals surface area (Å²) in [7, 11) is 0. The SMILES string of the molecule is C=CC=CCCC=CC(C)CCC(=O)O. The molecule has 1 unspecified atom stereocenters. The van der Waals surface area contributed by atoms with Crippen LogP contribution in [0.3, 0.4) is 0 Å². The lowest BCUT2D eigenvalue weighted by molar-refractivity contribution is -0.137. The van der Waals surface area contributed by atoms with Crippen LogP contribution in [0.25, 0.3) is 0 Å². The minimum absolute atomic E-state index is 0.252. The minimum atomic E-state index is -0.718. The highest BCUT2D eigenvalue weighted by Crippen LogP contribution is 2.08. The van der Waals surface area contributed by atoms with Crippen LogP contribution in [0.15, 0.2) is 37.0 Å². The molecule has 84 valence electrons. The second-order valence-corrected chi connectivity index (χ2v) is 3.58. The van der Waals surface area contributed by atoms with E-state index in [-0.39, 0.29) is 6.42 Å². The summed E-state index contributed by atoms with van der Waals surface area (Å²) in [6.07, 6.45) is 12.9. The zero-order valence-corrected chi connectivity index (χ0v) is 9.36. The first-order chi connectivity index (χ1) is 7.16. The summed E-state index contributed by atoms with van der Waals surface area (Å²) in [5, 5.41) is 8.49. The lowest BCUT2D eigenvalue weighted by Gasteiger charge is -2.02. The average molecular weight is 208 g/mol. The maximum Gasteiger partial charge on any atom is 0.303 e. The van der Waals surface area contributed by atoms with E-state index in [1.807, 2.05) is 13.0 Å². The van der Waals surface area contributed by atoms with Gasteiger partial charge in [-0.3, -0.25) is 4.79 Å². The summed E-state index contributed by atoms with van der Waals surface area (Å²) in [4.78, 5) is 10.3. The Morgan fingerprint density at radius 3 is 2.67 bits per heavy atom. The first-order valence-electron chi connectivity index (χ1n) is 5.32. The van der Waals surface area contributed by atoms with Gasteiger partial charge in [0.1, 0.15) is 0 Å². The molecule has 15 heavy (non-hydrogen) atoms. The van der Waals surface area contributed by atoms with Gasteiger partial charge in [0, 0.05) is 6.42 Å². The number of carbonyl (C=O) groups is 1. The van der Waals surface area contributed by atoms with Gasteiger partial charge in [-0.1, -0.05) is 43.9 Å². The molecule has 0 aromatic rings. The third-order valence-electron chi connectivity index (χ3n) is 2.05. The zero-order chi connectivity index (χ0) is 11.5. The predicted molar refractivity (Wildman–Crippen MR) is 63.7 cm³/mol. The molecule has 0 aliphatic carbocycles. The maximum absolute atomic E-state index is 10.3. The molecule has 0 bridgehead atoms. The molecular weight excluding hydrogens is 188 g/mol. The third-order valence-corrected chi connectivity index (χ3v) is 2.05. The van der Waals surface area contributed by atoms with E-state index in [9.17, 15) is 4.79 Å². The fourth-order valence-corrected chi connectivity index (χ4v) is 1.16. The van der Waals surface area contributed by atoms with Gasteiger partial charge in [-0.25, -0.2) is 0 Å². The molecule has 0 aliphatic rings. The molecule has 0 radical (unpaired) electrons. The van der Waals surface area contributed by atoms with Gasteiger partial charge < -0.3 is 5.11 Å². The summed E-state index contributed by atoms with van der Waals surface area (Å²) in [5.74, 6) is -0.367. The molecule has 0 aromatic carbocycles. The van der Waals surface area contributed by atoms with Crippen molar-refractivity contribution in [3.8, 4) is 0 Å². The van der Waals surface area contributed by atoms with Crippen molar-refractivity contribution in [2.24, 2.45) is 5.92 Å². The van der Waals surface area contributed by atoms with Crippen LogP contribution >= 0.6 is 0 Å². The van der Waals surface area contributed by atoms with Crippen molar-refractivity contribution < 1.29 is 9.90 Å². The van der Waals surface area contributed by atoms with Gasteiger partial charge in [-0.15, -0.1) is 0 Å². The van der Waals surface area contributed by atoms with Crippen LogP contribution in [0, 0.1) is 5.92 Å². The molecule has 2 nitrogen and oxygen atoms in total. The average Bonchev–Trinajstić information content (AvgIpc) is 2.20. The van der Waals surface area contributed by atoms with Gasteiger partial charge in [0.15, 0.2) is 0 Å². The van der Waals surface area contributed by atoms with Crippen molar-refractivity contribution in [3.05, 3.63) is 37.0 Å². The van der Waals surface area contributed by atoms with Crippen LogP contribution in [-0.4, -0.2) is 11.1 Å². The first-order valence-corrected chi connectivity index (χ1v) is 5.32. The third kappa shape index (κ3) is 10.6. The number of unbranched alkanes of at least 4 members (excludes halogenated alkanes) is 1. The Hall–Kier alpha value is -1.31. The smallest absolute Gasteiger partial charge is 0.303 e. The molecule has 0 aliphatic heterocycles. The second kappa shape index (κ2) is 9.25. The second-order valence-electron chi connectivity index (χ2n) is 3.58. The number of allylic oxidation sites excluding steroid dienone is 5. The van der Waals surface area contributed by atoms with Crippen LogP contribution < -0.4 is 0 Å². The molecule has 1 atom stereocenters. The maximum atomic E-state index is 10.3. The molecule has 0 aromatic heterocycles. The lowest BCUT2D eigenvalue weighted by atomic mass is 10.0. The van der Waals surface area contributed by atoms with Crippen molar-refractivity contribution in [1.82, 2.24) is 0 Å². The van der Waals surface area contributed by atoms with E-state index in [1.54, 1.807) is 6.08 Å². The normalized spacial score (nSPS) is 13.4. The van der Waals surface area contributed by atoms with E-state index >= 15 is 0 Å². The summed E-state index contributed by atoms with van der Waals surface area (Å²) in [5.41, 5.74) is 0. The highest BCUT2D eigenvalue weighted by molar-refractivity contribution is 5.66. The van der Waals surface area contributed by atoms with Crippen LogP contribution in [0.2, 0.25) is 0 Å². The number of aliphatic carboxylic acids is 1. The fourth-order valence-electron chi connectivity index (χ4n) is 1.16. The number of hydrogen-bond acceptors (Lipinski definition) is 1. The Kier molecular flexibility index (Phi) is 8.44. The van der Waals surface area contributed by atoms with Crippen LogP contribution in [0.4, 0.5) is 0 Å². The molecule has 0 fully saturated rings. The summed E-state index contributed by atoms with van der Waals surface area (Å²) < 4.78 is 0. The van der Waals surface area contributed by atoms with Gasteiger partial charge in [0.05, 0.1) is 0 Å². The number of carboxylic acids is 1. The Morgan fingerprint density at radius 1 is 1.40 bits per heavy atom. The predicted octanol–water partition coefficient (Wildman–Crippen LogP) is 3.57. The van der Waals surface area contributed by atoms with Gasteiger partial charge in [-0.2, -0.15) is 0 Å². The Balaban J connectivity index is 3.53. The summed E-state index contributed by atoms with van der Waals surface area (Å²) in [6.45, 7) is 5.63. The molecule has 0 rings (SSSR count). The fraction of sp³-hybridized carbons (Fsp3) is 0.462. The summed E-state index contributed by atoms with van der Waals surface area (Å²) >= 11 is 0.